The Hall–Kier alpha value is -2.73. The number of amides is 1. The monoisotopic (exact) mass is 353 g/mol. The SMILES string of the molecule is CCOc1ncccc1C(=O)Nc1nc(-c2ccc(C)cc2C)cs1. The lowest BCUT2D eigenvalue weighted by atomic mass is 10.0. The van der Waals surface area contributed by atoms with Crippen LogP contribution in [0, 0.1) is 13.8 Å². The van der Waals surface area contributed by atoms with Crippen LogP contribution in [0.25, 0.3) is 11.3 Å². The number of carbonyl (C=O) groups is 1. The molecule has 1 amide bonds. The van der Waals surface area contributed by atoms with Crippen molar-refractivity contribution in [1.29, 1.82) is 0 Å². The summed E-state index contributed by atoms with van der Waals surface area (Å²) in [7, 11) is 0. The van der Waals surface area contributed by atoms with Crippen molar-refractivity contribution in [1.82, 2.24) is 9.97 Å². The zero-order valence-corrected chi connectivity index (χ0v) is 15.2. The number of ether oxygens (including phenoxy) is 1. The average molecular weight is 353 g/mol. The van der Waals surface area contributed by atoms with Gasteiger partial charge in [0.15, 0.2) is 5.13 Å². The van der Waals surface area contributed by atoms with Gasteiger partial charge in [-0.2, -0.15) is 0 Å². The Kier molecular flexibility index (Phi) is 5.09. The number of benzene rings is 1. The Bertz CT molecular complexity index is 905. The van der Waals surface area contributed by atoms with Crippen LogP contribution in [0.15, 0.2) is 41.9 Å². The summed E-state index contributed by atoms with van der Waals surface area (Å²) in [4.78, 5) is 21.1. The van der Waals surface area contributed by atoms with E-state index in [4.69, 9.17) is 4.74 Å². The standard InChI is InChI=1S/C19H19N3O2S/c1-4-24-18-15(6-5-9-20-18)17(23)22-19-21-16(11-25-19)14-8-7-12(2)10-13(14)3/h5-11H,4H2,1-3H3,(H,21,22,23). The van der Waals surface area contributed by atoms with E-state index in [1.165, 1.54) is 16.9 Å². The van der Waals surface area contributed by atoms with E-state index in [2.05, 4.69) is 47.3 Å². The summed E-state index contributed by atoms with van der Waals surface area (Å²) in [5.74, 6) is 0.0479. The molecular formula is C19H19N3O2S. The quantitative estimate of drug-likeness (QED) is 0.735. The molecule has 3 rings (SSSR count). The van der Waals surface area contributed by atoms with Crippen LogP contribution in [0.1, 0.15) is 28.4 Å². The molecule has 0 saturated carbocycles. The molecule has 0 fully saturated rings. The molecule has 5 nitrogen and oxygen atoms in total. The minimum Gasteiger partial charge on any atom is -0.477 e. The van der Waals surface area contributed by atoms with Crippen LogP contribution in [-0.4, -0.2) is 22.5 Å². The van der Waals surface area contributed by atoms with Crippen molar-refractivity contribution in [3.63, 3.8) is 0 Å². The van der Waals surface area contributed by atoms with Crippen LogP contribution in [0.4, 0.5) is 5.13 Å². The second-order valence-corrected chi connectivity index (χ2v) is 6.46. The van der Waals surface area contributed by atoms with Gasteiger partial charge in [-0.15, -0.1) is 11.3 Å². The van der Waals surface area contributed by atoms with Gasteiger partial charge in [0.1, 0.15) is 5.56 Å². The van der Waals surface area contributed by atoms with Crippen LogP contribution >= 0.6 is 11.3 Å². The van der Waals surface area contributed by atoms with Gasteiger partial charge < -0.3 is 4.74 Å². The largest absolute Gasteiger partial charge is 0.477 e. The van der Waals surface area contributed by atoms with Crippen LogP contribution in [0.5, 0.6) is 5.88 Å². The van der Waals surface area contributed by atoms with Crippen molar-refractivity contribution in [2.45, 2.75) is 20.8 Å². The molecule has 0 atom stereocenters. The molecule has 1 aromatic carbocycles. The van der Waals surface area contributed by atoms with Crippen LogP contribution in [0.2, 0.25) is 0 Å². The third kappa shape index (κ3) is 3.85. The Morgan fingerprint density at radius 2 is 2.12 bits per heavy atom. The van der Waals surface area contributed by atoms with Crippen molar-refractivity contribution in [2.24, 2.45) is 0 Å². The summed E-state index contributed by atoms with van der Waals surface area (Å²) in [5.41, 5.74) is 4.69. The third-order valence-electron chi connectivity index (χ3n) is 3.68. The number of hydrogen-bond donors (Lipinski definition) is 1. The fourth-order valence-corrected chi connectivity index (χ4v) is 3.24. The molecule has 6 heteroatoms. The highest BCUT2D eigenvalue weighted by Crippen LogP contribution is 2.28. The van der Waals surface area contributed by atoms with Gasteiger partial charge in [0.2, 0.25) is 5.88 Å². The first kappa shape index (κ1) is 17.1. The highest BCUT2D eigenvalue weighted by Gasteiger charge is 2.15. The first-order valence-corrected chi connectivity index (χ1v) is 8.88. The molecule has 0 spiro atoms. The topological polar surface area (TPSA) is 64.1 Å². The maximum Gasteiger partial charge on any atom is 0.262 e. The maximum absolute atomic E-state index is 12.5. The van der Waals surface area contributed by atoms with E-state index in [0.717, 1.165) is 16.8 Å². The van der Waals surface area contributed by atoms with E-state index in [1.54, 1.807) is 18.3 Å². The molecule has 25 heavy (non-hydrogen) atoms. The molecule has 0 unspecified atom stereocenters. The summed E-state index contributed by atoms with van der Waals surface area (Å²) in [6.07, 6.45) is 1.60. The summed E-state index contributed by atoms with van der Waals surface area (Å²) in [6, 6.07) is 9.63. The molecule has 0 aliphatic rings. The average Bonchev–Trinajstić information content (AvgIpc) is 3.03. The number of carbonyl (C=O) groups excluding carboxylic acids is 1. The van der Waals surface area contributed by atoms with E-state index < -0.39 is 0 Å². The molecule has 0 aliphatic carbocycles. The van der Waals surface area contributed by atoms with Gasteiger partial charge in [0, 0.05) is 17.1 Å². The van der Waals surface area contributed by atoms with E-state index >= 15 is 0 Å². The van der Waals surface area contributed by atoms with Crippen LogP contribution in [-0.2, 0) is 0 Å². The van der Waals surface area contributed by atoms with Gasteiger partial charge in [-0.05, 0) is 38.5 Å². The number of aryl methyl sites for hydroxylation is 2. The summed E-state index contributed by atoms with van der Waals surface area (Å²) in [5, 5.41) is 5.32. The van der Waals surface area contributed by atoms with Crippen molar-refractivity contribution in [2.75, 3.05) is 11.9 Å². The zero-order valence-electron chi connectivity index (χ0n) is 14.4. The lowest BCUT2D eigenvalue weighted by molar-refractivity contribution is 0.102. The zero-order chi connectivity index (χ0) is 17.8. The molecule has 0 radical (unpaired) electrons. The molecule has 2 aromatic heterocycles. The normalized spacial score (nSPS) is 10.5. The number of thiazole rings is 1. The minimum atomic E-state index is -0.280. The first-order valence-electron chi connectivity index (χ1n) is 8.00. The summed E-state index contributed by atoms with van der Waals surface area (Å²) >= 11 is 1.40. The van der Waals surface area contributed by atoms with Crippen LogP contribution < -0.4 is 10.1 Å². The van der Waals surface area contributed by atoms with Crippen LogP contribution in [0.3, 0.4) is 0 Å². The van der Waals surface area contributed by atoms with Gasteiger partial charge in [0.25, 0.3) is 5.91 Å². The molecular weight excluding hydrogens is 334 g/mol. The first-order chi connectivity index (χ1) is 12.1. The number of anilines is 1. The molecule has 3 aromatic rings. The second-order valence-electron chi connectivity index (χ2n) is 5.60. The highest BCUT2D eigenvalue weighted by molar-refractivity contribution is 7.14. The predicted molar refractivity (Wildman–Crippen MR) is 100 cm³/mol. The molecule has 0 aliphatic heterocycles. The number of pyridine rings is 1. The van der Waals surface area contributed by atoms with E-state index in [0.29, 0.717) is 23.2 Å². The van der Waals surface area contributed by atoms with E-state index in [9.17, 15) is 4.79 Å². The van der Waals surface area contributed by atoms with E-state index in [1.807, 2.05) is 12.3 Å². The van der Waals surface area contributed by atoms with Gasteiger partial charge in [-0.1, -0.05) is 23.8 Å². The minimum absolute atomic E-state index is 0.280. The Balaban J connectivity index is 1.81. The van der Waals surface area contributed by atoms with E-state index in [-0.39, 0.29) is 5.91 Å². The lowest BCUT2D eigenvalue weighted by Crippen LogP contribution is -2.14. The van der Waals surface area contributed by atoms with Crippen molar-refractivity contribution in [3.8, 4) is 17.1 Å². The third-order valence-corrected chi connectivity index (χ3v) is 4.44. The number of rotatable bonds is 5. The van der Waals surface area contributed by atoms with Gasteiger partial charge >= 0.3 is 0 Å². The van der Waals surface area contributed by atoms with Crippen molar-refractivity contribution < 1.29 is 9.53 Å². The molecule has 0 saturated heterocycles. The molecule has 0 bridgehead atoms. The van der Waals surface area contributed by atoms with Gasteiger partial charge in [0.05, 0.1) is 12.3 Å². The predicted octanol–water partition coefficient (Wildman–Crippen LogP) is 4.47. The smallest absolute Gasteiger partial charge is 0.262 e. The fourth-order valence-electron chi connectivity index (χ4n) is 2.54. The fraction of sp³-hybridized carbons (Fsp3) is 0.211. The molecule has 1 N–H and O–H groups in total. The number of aromatic nitrogens is 2. The number of hydrogen-bond acceptors (Lipinski definition) is 5. The summed E-state index contributed by atoms with van der Waals surface area (Å²) in [6.45, 7) is 6.43. The molecule has 128 valence electrons. The number of nitrogens with one attached hydrogen (secondary N) is 1. The van der Waals surface area contributed by atoms with Crippen molar-refractivity contribution >= 4 is 22.4 Å². The molecule has 2 heterocycles. The highest BCUT2D eigenvalue weighted by atomic mass is 32.1. The van der Waals surface area contributed by atoms with Crippen molar-refractivity contribution in [3.05, 3.63) is 58.6 Å². The maximum atomic E-state index is 12.5. The number of nitrogens with zero attached hydrogens (tertiary/aromatic N) is 2. The Morgan fingerprint density at radius 1 is 1.28 bits per heavy atom. The second kappa shape index (κ2) is 7.44. The Labute approximate surface area is 150 Å². The lowest BCUT2D eigenvalue weighted by Gasteiger charge is -2.07. The van der Waals surface area contributed by atoms with Gasteiger partial charge in [-0.3, -0.25) is 10.1 Å². The summed E-state index contributed by atoms with van der Waals surface area (Å²) < 4.78 is 5.41. The van der Waals surface area contributed by atoms with Gasteiger partial charge in [-0.25, -0.2) is 9.97 Å². The Morgan fingerprint density at radius 3 is 2.88 bits per heavy atom.